The Bertz CT molecular complexity index is 491. The van der Waals surface area contributed by atoms with Crippen LogP contribution in [0, 0.1) is 6.92 Å². The van der Waals surface area contributed by atoms with Gasteiger partial charge in [0.1, 0.15) is 5.69 Å². The Morgan fingerprint density at radius 3 is 2.80 bits per heavy atom. The number of aromatic nitrogens is 3. The summed E-state index contributed by atoms with van der Waals surface area (Å²) in [7, 11) is 0. The number of nitrogens with zero attached hydrogens (tertiary/aromatic N) is 2. The number of H-pyrrole nitrogens is 1. The van der Waals surface area contributed by atoms with E-state index in [4.69, 9.17) is 5.11 Å². The highest BCUT2D eigenvalue weighted by atomic mass is 16.4. The summed E-state index contributed by atoms with van der Waals surface area (Å²) in [6, 6.07) is 1.79. The fourth-order valence-electron chi connectivity index (χ4n) is 1.47. The lowest BCUT2D eigenvalue weighted by molar-refractivity contribution is 0.0690. The van der Waals surface area contributed by atoms with Gasteiger partial charge in [-0.1, -0.05) is 0 Å². The van der Waals surface area contributed by atoms with E-state index in [9.17, 15) is 4.79 Å². The molecule has 2 heterocycles. The normalized spacial score (nSPS) is 10.2. The number of aromatic carboxylic acids is 1. The zero-order valence-corrected chi connectivity index (χ0v) is 8.06. The van der Waals surface area contributed by atoms with Crippen molar-refractivity contribution in [1.29, 1.82) is 0 Å². The number of carboxylic acids is 1. The second-order valence-corrected chi connectivity index (χ2v) is 3.14. The lowest BCUT2D eigenvalue weighted by Gasteiger charge is -1.98. The van der Waals surface area contributed by atoms with Crippen LogP contribution in [0.15, 0.2) is 24.7 Å². The molecule has 15 heavy (non-hydrogen) atoms. The van der Waals surface area contributed by atoms with E-state index < -0.39 is 5.97 Å². The average molecular weight is 203 g/mol. The molecular weight excluding hydrogens is 194 g/mol. The summed E-state index contributed by atoms with van der Waals surface area (Å²) in [5, 5.41) is 16.3. The lowest BCUT2D eigenvalue weighted by atomic mass is 10.1. The van der Waals surface area contributed by atoms with E-state index in [0.29, 0.717) is 5.56 Å². The molecule has 2 N–H and O–H groups in total. The summed E-state index contributed by atoms with van der Waals surface area (Å²) in [5.41, 5.74) is 2.60. The van der Waals surface area contributed by atoms with E-state index in [-0.39, 0.29) is 5.69 Å². The third-order valence-electron chi connectivity index (χ3n) is 2.25. The number of nitrogens with one attached hydrogen (secondary N) is 1. The van der Waals surface area contributed by atoms with Gasteiger partial charge in [-0.25, -0.2) is 4.79 Å². The van der Waals surface area contributed by atoms with Crippen LogP contribution in [0.5, 0.6) is 0 Å². The van der Waals surface area contributed by atoms with Crippen LogP contribution >= 0.6 is 0 Å². The molecule has 0 amide bonds. The molecule has 0 fully saturated rings. The minimum Gasteiger partial charge on any atom is -0.477 e. The van der Waals surface area contributed by atoms with E-state index in [1.807, 2.05) is 0 Å². The standard InChI is InChI=1S/C10H9N3O2/c1-6-8(5-11-9(6)10(14)15)7-2-3-12-13-4-7/h2-5,11H,1H3,(H,14,15). The van der Waals surface area contributed by atoms with Crippen molar-refractivity contribution in [2.45, 2.75) is 6.92 Å². The number of rotatable bonds is 2. The average Bonchev–Trinajstić information content (AvgIpc) is 2.61. The highest BCUT2D eigenvalue weighted by Crippen LogP contribution is 2.24. The third-order valence-corrected chi connectivity index (χ3v) is 2.25. The van der Waals surface area contributed by atoms with Crippen molar-refractivity contribution >= 4 is 5.97 Å². The maximum atomic E-state index is 10.8. The summed E-state index contributed by atoms with van der Waals surface area (Å²) in [6.07, 6.45) is 4.83. The van der Waals surface area contributed by atoms with Gasteiger partial charge >= 0.3 is 5.97 Å². The molecule has 76 valence electrons. The van der Waals surface area contributed by atoms with Crippen molar-refractivity contribution in [2.75, 3.05) is 0 Å². The first kappa shape index (κ1) is 9.39. The summed E-state index contributed by atoms with van der Waals surface area (Å²) in [5.74, 6) is -0.958. The summed E-state index contributed by atoms with van der Waals surface area (Å²) < 4.78 is 0. The third kappa shape index (κ3) is 1.59. The predicted molar refractivity (Wildman–Crippen MR) is 53.5 cm³/mol. The maximum Gasteiger partial charge on any atom is 0.352 e. The van der Waals surface area contributed by atoms with Crippen molar-refractivity contribution < 1.29 is 9.90 Å². The lowest BCUT2D eigenvalue weighted by Crippen LogP contribution is -1.98. The first-order valence-corrected chi connectivity index (χ1v) is 4.38. The van der Waals surface area contributed by atoms with Gasteiger partial charge in [0.05, 0.1) is 12.4 Å². The van der Waals surface area contributed by atoms with E-state index in [1.54, 1.807) is 31.6 Å². The minimum atomic E-state index is -0.958. The molecule has 0 aromatic carbocycles. The van der Waals surface area contributed by atoms with Gasteiger partial charge < -0.3 is 10.1 Å². The fraction of sp³-hybridized carbons (Fsp3) is 0.100. The molecule has 2 rings (SSSR count). The van der Waals surface area contributed by atoms with Gasteiger partial charge in [0.15, 0.2) is 0 Å². The zero-order chi connectivity index (χ0) is 10.8. The SMILES string of the molecule is Cc1c(-c2ccnnc2)c[nH]c1C(=O)O. The first-order valence-electron chi connectivity index (χ1n) is 4.38. The second kappa shape index (κ2) is 3.53. The van der Waals surface area contributed by atoms with Crippen LogP contribution in [-0.2, 0) is 0 Å². The highest BCUT2D eigenvalue weighted by molar-refractivity contribution is 5.90. The Morgan fingerprint density at radius 1 is 1.47 bits per heavy atom. The molecule has 0 saturated carbocycles. The van der Waals surface area contributed by atoms with Crippen LogP contribution < -0.4 is 0 Å². The van der Waals surface area contributed by atoms with Gasteiger partial charge in [0.25, 0.3) is 0 Å². The Balaban J connectivity index is 2.52. The molecule has 2 aromatic heterocycles. The van der Waals surface area contributed by atoms with Crippen molar-refractivity contribution in [1.82, 2.24) is 15.2 Å². The Morgan fingerprint density at radius 2 is 2.27 bits per heavy atom. The van der Waals surface area contributed by atoms with Crippen molar-refractivity contribution in [2.24, 2.45) is 0 Å². The smallest absolute Gasteiger partial charge is 0.352 e. The van der Waals surface area contributed by atoms with E-state index in [2.05, 4.69) is 15.2 Å². The molecule has 2 aromatic rings. The van der Waals surface area contributed by atoms with Crippen molar-refractivity contribution in [3.05, 3.63) is 35.9 Å². The topological polar surface area (TPSA) is 78.9 Å². The summed E-state index contributed by atoms with van der Waals surface area (Å²) >= 11 is 0. The number of carbonyl (C=O) groups is 1. The second-order valence-electron chi connectivity index (χ2n) is 3.14. The molecule has 0 unspecified atom stereocenters. The van der Waals surface area contributed by atoms with Crippen LogP contribution in [0.2, 0.25) is 0 Å². The molecule has 0 aliphatic rings. The Hall–Kier alpha value is -2.17. The molecule has 5 heteroatoms. The van der Waals surface area contributed by atoms with Crippen LogP contribution in [0.4, 0.5) is 0 Å². The van der Waals surface area contributed by atoms with E-state index in [1.165, 1.54) is 0 Å². The molecule has 5 nitrogen and oxygen atoms in total. The predicted octanol–water partition coefficient (Wildman–Crippen LogP) is 1.48. The molecule has 0 bridgehead atoms. The summed E-state index contributed by atoms with van der Waals surface area (Å²) in [4.78, 5) is 13.5. The van der Waals surface area contributed by atoms with Gasteiger partial charge in [-0.3, -0.25) is 0 Å². The molecule has 0 aliphatic carbocycles. The van der Waals surface area contributed by atoms with Crippen LogP contribution in [0.3, 0.4) is 0 Å². The fourth-order valence-corrected chi connectivity index (χ4v) is 1.47. The molecule has 0 aliphatic heterocycles. The molecule has 0 radical (unpaired) electrons. The number of aromatic amines is 1. The summed E-state index contributed by atoms with van der Waals surface area (Å²) in [6.45, 7) is 1.76. The molecule has 0 spiro atoms. The number of carboxylic acid groups (broad SMARTS) is 1. The first-order chi connectivity index (χ1) is 7.20. The van der Waals surface area contributed by atoms with Gasteiger partial charge in [0, 0.05) is 17.3 Å². The Labute approximate surface area is 85.8 Å². The van der Waals surface area contributed by atoms with Crippen molar-refractivity contribution in [3.63, 3.8) is 0 Å². The zero-order valence-electron chi connectivity index (χ0n) is 8.06. The van der Waals surface area contributed by atoms with Crippen LogP contribution in [-0.4, -0.2) is 26.3 Å². The van der Waals surface area contributed by atoms with Crippen LogP contribution in [0.1, 0.15) is 16.1 Å². The van der Waals surface area contributed by atoms with Gasteiger partial charge in [0.2, 0.25) is 0 Å². The monoisotopic (exact) mass is 203 g/mol. The molecule has 0 saturated heterocycles. The largest absolute Gasteiger partial charge is 0.477 e. The minimum absolute atomic E-state index is 0.210. The maximum absolute atomic E-state index is 10.8. The van der Waals surface area contributed by atoms with Gasteiger partial charge in [-0.15, -0.1) is 0 Å². The Kier molecular flexibility index (Phi) is 2.21. The van der Waals surface area contributed by atoms with E-state index in [0.717, 1.165) is 11.1 Å². The molecule has 0 atom stereocenters. The highest BCUT2D eigenvalue weighted by Gasteiger charge is 2.13. The van der Waals surface area contributed by atoms with Crippen LogP contribution in [0.25, 0.3) is 11.1 Å². The molecular formula is C10H9N3O2. The van der Waals surface area contributed by atoms with E-state index >= 15 is 0 Å². The van der Waals surface area contributed by atoms with Gasteiger partial charge in [-0.05, 0) is 18.6 Å². The quantitative estimate of drug-likeness (QED) is 0.774. The van der Waals surface area contributed by atoms with Gasteiger partial charge in [-0.2, -0.15) is 10.2 Å². The van der Waals surface area contributed by atoms with Crippen molar-refractivity contribution in [3.8, 4) is 11.1 Å². The number of hydrogen-bond acceptors (Lipinski definition) is 3. The number of hydrogen-bond donors (Lipinski definition) is 2.